The minimum absolute atomic E-state index is 0.0871. The van der Waals surface area contributed by atoms with Gasteiger partial charge in [0, 0.05) is 18.2 Å². The number of carbonyl (C=O) groups excluding carboxylic acids is 1. The molecule has 0 saturated heterocycles. The number of amides is 1. The van der Waals surface area contributed by atoms with Crippen LogP contribution in [0.25, 0.3) is 10.8 Å². The normalized spacial score (nSPS) is 15.6. The molecule has 1 aliphatic rings. The molecule has 1 aromatic heterocycles. The number of nitrogens with zero attached hydrogens (tertiary/aromatic N) is 4. The minimum Gasteiger partial charge on any atom is -0.324 e. The molecule has 0 saturated carbocycles. The highest BCUT2D eigenvalue weighted by molar-refractivity contribution is 6.33. The quantitative estimate of drug-likeness (QED) is 0.370. The number of nitrogens with one attached hydrogen (secondary N) is 3. The predicted molar refractivity (Wildman–Crippen MR) is 137 cm³/mol. The first-order chi connectivity index (χ1) is 15.8. The van der Waals surface area contributed by atoms with E-state index in [1.807, 2.05) is 56.3 Å². The largest absolute Gasteiger partial charge is 0.324 e. The van der Waals surface area contributed by atoms with Crippen LogP contribution in [0.15, 0.2) is 63.5 Å². The summed E-state index contributed by atoms with van der Waals surface area (Å²) in [4.78, 5) is 29.3. The molecule has 168 valence electrons. The molecule has 0 spiro atoms. The van der Waals surface area contributed by atoms with Crippen molar-refractivity contribution < 1.29 is 4.79 Å². The Labute approximate surface area is 196 Å². The number of hydrogen-bond acceptors (Lipinski definition) is 3. The van der Waals surface area contributed by atoms with Crippen LogP contribution in [0.3, 0.4) is 0 Å². The molecule has 1 aliphatic heterocycles. The lowest BCUT2D eigenvalue weighted by molar-refractivity contribution is -0.124. The molecule has 0 atom stereocenters. The third kappa shape index (κ3) is 4.85. The highest BCUT2D eigenvalue weighted by Crippen LogP contribution is 2.35. The fourth-order valence-corrected chi connectivity index (χ4v) is 3.75. The number of guanidine groups is 2. The maximum atomic E-state index is 12.3. The van der Waals surface area contributed by atoms with Crippen molar-refractivity contribution in [1.29, 1.82) is 0 Å². The van der Waals surface area contributed by atoms with E-state index in [0.29, 0.717) is 23.1 Å². The van der Waals surface area contributed by atoms with Gasteiger partial charge in [-0.1, -0.05) is 55.8 Å². The first-order valence-electron chi connectivity index (χ1n) is 10.3. The summed E-state index contributed by atoms with van der Waals surface area (Å²) in [6.07, 6.45) is 0.550. The Morgan fingerprint density at radius 2 is 1.88 bits per heavy atom. The Hall–Kier alpha value is -3.78. The van der Waals surface area contributed by atoms with Gasteiger partial charge in [-0.2, -0.15) is 4.99 Å². The number of aliphatic imine (C=N–C) groups is 3. The smallest absolute Gasteiger partial charge is 0.231 e. The van der Waals surface area contributed by atoms with Crippen molar-refractivity contribution in [2.24, 2.45) is 20.4 Å². The van der Waals surface area contributed by atoms with Crippen LogP contribution >= 0.6 is 11.6 Å². The van der Waals surface area contributed by atoms with E-state index in [-0.39, 0.29) is 17.8 Å². The molecule has 0 bridgehead atoms. The Morgan fingerprint density at radius 3 is 2.61 bits per heavy atom. The van der Waals surface area contributed by atoms with Gasteiger partial charge >= 0.3 is 0 Å². The third-order valence-electron chi connectivity index (χ3n) is 5.34. The van der Waals surface area contributed by atoms with Crippen molar-refractivity contribution in [3.8, 4) is 0 Å². The molecule has 1 amide bonds. The van der Waals surface area contributed by atoms with Gasteiger partial charge in [0.05, 0.1) is 5.02 Å². The van der Waals surface area contributed by atoms with E-state index in [1.165, 1.54) is 0 Å². The fourth-order valence-electron chi connectivity index (χ4n) is 3.53. The molecule has 2 aromatic carbocycles. The number of aromatic nitrogens is 1. The molecule has 0 unspecified atom stereocenters. The molecular weight excluding hydrogens is 438 g/mol. The van der Waals surface area contributed by atoms with E-state index in [1.54, 1.807) is 13.1 Å². The van der Waals surface area contributed by atoms with E-state index in [9.17, 15) is 4.79 Å². The molecule has 8 nitrogen and oxygen atoms in total. The lowest BCUT2D eigenvalue weighted by Crippen LogP contribution is -2.37. The molecule has 0 fully saturated rings. The van der Waals surface area contributed by atoms with Gasteiger partial charge in [-0.3, -0.25) is 9.79 Å². The Kier molecular flexibility index (Phi) is 6.11. The molecule has 2 heterocycles. The lowest BCUT2D eigenvalue weighted by Gasteiger charge is -2.30. The van der Waals surface area contributed by atoms with Crippen LogP contribution in [0, 0.1) is 5.41 Å². The van der Waals surface area contributed by atoms with Crippen LogP contribution in [-0.2, 0) is 11.2 Å². The molecule has 4 rings (SSSR count). The van der Waals surface area contributed by atoms with Crippen molar-refractivity contribution in [3.63, 3.8) is 0 Å². The van der Waals surface area contributed by atoms with Crippen LogP contribution in [0.1, 0.15) is 19.4 Å². The van der Waals surface area contributed by atoms with E-state index < -0.39 is 5.41 Å². The molecule has 3 N–H and O–H groups in total. The summed E-state index contributed by atoms with van der Waals surface area (Å²) in [5, 5.41) is 11.6. The second kappa shape index (κ2) is 8.99. The van der Waals surface area contributed by atoms with Crippen LogP contribution in [0.2, 0.25) is 5.02 Å². The summed E-state index contributed by atoms with van der Waals surface area (Å²) < 4.78 is 0. The Balaban J connectivity index is 1.56. The van der Waals surface area contributed by atoms with Gasteiger partial charge in [-0.25, -0.2) is 9.98 Å². The standard InChI is InChI=1S/C24H24ClN7O/c1-24(2)13-16-12-18(25)20(29-19(16)30-21(24)33)31-23(27-4)32-22(26-3)28-17-10-9-14-7-5-6-8-15(14)11-17/h5-12H,3,13H2,1-2,4H3,(H3,27,28,29,30,31,32,33). The van der Waals surface area contributed by atoms with Gasteiger partial charge in [-0.05, 0) is 47.7 Å². The summed E-state index contributed by atoms with van der Waals surface area (Å²) in [7, 11) is 1.58. The van der Waals surface area contributed by atoms with E-state index in [2.05, 4.69) is 42.6 Å². The van der Waals surface area contributed by atoms with Gasteiger partial charge < -0.3 is 16.0 Å². The summed E-state index contributed by atoms with van der Waals surface area (Å²) in [5.41, 5.74) is 1.16. The van der Waals surface area contributed by atoms with Gasteiger partial charge in [-0.15, -0.1) is 0 Å². The van der Waals surface area contributed by atoms with Gasteiger partial charge in [0.2, 0.25) is 17.8 Å². The second-order valence-corrected chi connectivity index (χ2v) is 8.70. The predicted octanol–water partition coefficient (Wildman–Crippen LogP) is 4.98. The van der Waals surface area contributed by atoms with E-state index in [0.717, 1.165) is 22.0 Å². The highest BCUT2D eigenvalue weighted by Gasteiger charge is 2.34. The number of rotatable bonds is 2. The lowest BCUT2D eigenvalue weighted by atomic mass is 9.82. The fraction of sp³-hybridized carbons (Fsp3) is 0.208. The summed E-state index contributed by atoms with van der Waals surface area (Å²) >= 11 is 6.45. The first-order valence-corrected chi connectivity index (χ1v) is 10.7. The highest BCUT2D eigenvalue weighted by atomic mass is 35.5. The van der Waals surface area contributed by atoms with Crippen LogP contribution < -0.4 is 16.0 Å². The maximum absolute atomic E-state index is 12.3. The number of anilines is 3. The van der Waals surface area contributed by atoms with Gasteiger partial charge in [0.1, 0.15) is 5.82 Å². The summed E-state index contributed by atoms with van der Waals surface area (Å²) in [6.45, 7) is 7.36. The summed E-state index contributed by atoms with van der Waals surface area (Å²) in [6, 6.07) is 15.8. The van der Waals surface area contributed by atoms with Gasteiger partial charge in [0.25, 0.3) is 0 Å². The minimum atomic E-state index is -0.522. The van der Waals surface area contributed by atoms with Gasteiger partial charge in [0.15, 0.2) is 5.82 Å². The molecule has 3 aromatic rings. The molecule has 9 heteroatoms. The zero-order chi connectivity index (χ0) is 23.6. The van der Waals surface area contributed by atoms with E-state index in [4.69, 9.17) is 11.6 Å². The van der Waals surface area contributed by atoms with Crippen LogP contribution in [0.4, 0.5) is 17.3 Å². The van der Waals surface area contributed by atoms with Crippen LogP contribution in [-0.4, -0.2) is 36.6 Å². The number of halogens is 1. The number of carbonyl (C=O) groups is 1. The topological polar surface area (TPSA) is 103 Å². The average molecular weight is 462 g/mol. The third-order valence-corrected chi connectivity index (χ3v) is 5.63. The number of benzene rings is 2. The monoisotopic (exact) mass is 461 g/mol. The van der Waals surface area contributed by atoms with Crippen molar-refractivity contribution in [2.45, 2.75) is 20.3 Å². The summed E-state index contributed by atoms with van der Waals surface area (Å²) in [5.74, 6) is 1.19. The average Bonchev–Trinajstić information content (AvgIpc) is 2.79. The molecule has 33 heavy (non-hydrogen) atoms. The van der Waals surface area contributed by atoms with Crippen molar-refractivity contribution >= 4 is 64.2 Å². The SMILES string of the molecule is C=NC(=NC(=NC)Nc1nc2c(cc1Cl)CC(C)(C)C(=O)N2)Nc1ccc2ccccc2c1. The van der Waals surface area contributed by atoms with Crippen molar-refractivity contribution in [2.75, 3.05) is 23.0 Å². The maximum Gasteiger partial charge on any atom is 0.231 e. The Morgan fingerprint density at radius 1 is 1.12 bits per heavy atom. The Bertz CT molecular complexity index is 1310. The second-order valence-electron chi connectivity index (χ2n) is 8.29. The zero-order valence-corrected chi connectivity index (χ0v) is 19.4. The zero-order valence-electron chi connectivity index (χ0n) is 18.6. The number of fused-ring (bicyclic) bond motifs is 2. The van der Waals surface area contributed by atoms with Crippen molar-refractivity contribution in [3.05, 3.63) is 59.1 Å². The van der Waals surface area contributed by atoms with E-state index >= 15 is 0 Å². The number of hydrogen-bond donors (Lipinski definition) is 3. The van der Waals surface area contributed by atoms with Crippen LogP contribution in [0.5, 0.6) is 0 Å². The number of pyridine rings is 1. The first kappa shape index (κ1) is 22.4. The molecular formula is C24H24ClN7O. The molecule has 0 radical (unpaired) electrons. The molecule has 0 aliphatic carbocycles. The van der Waals surface area contributed by atoms with Crippen molar-refractivity contribution in [1.82, 2.24) is 4.98 Å².